The molecule has 3 aromatic carbocycles. The highest BCUT2D eigenvalue weighted by atomic mass is 31.2. The molecule has 0 radical (unpaired) electrons. The maximum atomic E-state index is 11.3. The third kappa shape index (κ3) is 3.37. The highest BCUT2D eigenvalue weighted by Crippen LogP contribution is 2.33. The Morgan fingerprint density at radius 2 is 1.64 bits per heavy atom. The molecule has 0 fully saturated rings. The van der Waals surface area contributed by atoms with Crippen molar-refractivity contribution in [3.63, 3.8) is 0 Å². The standard InChI is InChI=1S/C17H15O4P/c18-22(19,20)17-7-3-4-13(10-17)12-21-16-9-8-14-5-1-2-6-15(14)11-16/h1-11H,12H2,(H2,18,19,20). The van der Waals surface area contributed by atoms with Gasteiger partial charge in [0.05, 0.1) is 5.30 Å². The van der Waals surface area contributed by atoms with Gasteiger partial charge in [-0.25, -0.2) is 0 Å². The summed E-state index contributed by atoms with van der Waals surface area (Å²) in [6, 6.07) is 20.1. The molecule has 0 saturated carbocycles. The fraction of sp³-hybridized carbons (Fsp3) is 0.0588. The summed E-state index contributed by atoms with van der Waals surface area (Å²) >= 11 is 0. The first-order chi connectivity index (χ1) is 10.5. The van der Waals surface area contributed by atoms with Crippen molar-refractivity contribution in [3.8, 4) is 5.75 Å². The lowest BCUT2D eigenvalue weighted by Gasteiger charge is -2.09. The molecule has 0 aromatic heterocycles. The van der Waals surface area contributed by atoms with Crippen molar-refractivity contribution in [3.05, 3.63) is 72.3 Å². The van der Waals surface area contributed by atoms with Crippen LogP contribution in [0.5, 0.6) is 5.75 Å². The van der Waals surface area contributed by atoms with Gasteiger partial charge in [0, 0.05) is 0 Å². The van der Waals surface area contributed by atoms with Crippen molar-refractivity contribution < 1.29 is 19.1 Å². The minimum absolute atomic E-state index is 0.00658. The average molecular weight is 314 g/mol. The molecule has 4 nitrogen and oxygen atoms in total. The number of hydrogen-bond acceptors (Lipinski definition) is 2. The van der Waals surface area contributed by atoms with Crippen LogP contribution < -0.4 is 10.0 Å². The van der Waals surface area contributed by atoms with E-state index in [0.717, 1.165) is 16.5 Å². The molecule has 0 spiro atoms. The zero-order chi connectivity index (χ0) is 15.6. The van der Waals surface area contributed by atoms with E-state index in [0.29, 0.717) is 5.56 Å². The van der Waals surface area contributed by atoms with Gasteiger partial charge in [0.25, 0.3) is 0 Å². The Bertz CT molecular complexity index is 854. The van der Waals surface area contributed by atoms with Gasteiger partial charge >= 0.3 is 7.60 Å². The summed E-state index contributed by atoms with van der Waals surface area (Å²) in [6.45, 7) is 0.256. The normalized spacial score (nSPS) is 11.5. The van der Waals surface area contributed by atoms with Crippen LogP contribution in [0.1, 0.15) is 5.56 Å². The maximum Gasteiger partial charge on any atom is 0.356 e. The van der Waals surface area contributed by atoms with Crippen LogP contribution in [0, 0.1) is 0 Å². The van der Waals surface area contributed by atoms with Crippen molar-refractivity contribution in [1.29, 1.82) is 0 Å². The number of benzene rings is 3. The van der Waals surface area contributed by atoms with E-state index < -0.39 is 7.60 Å². The van der Waals surface area contributed by atoms with Gasteiger partial charge in [-0.1, -0.05) is 42.5 Å². The summed E-state index contributed by atoms with van der Waals surface area (Å²) in [5.41, 5.74) is 0.717. The predicted octanol–water partition coefficient (Wildman–Crippen LogP) is 3.22. The lowest BCUT2D eigenvalue weighted by Crippen LogP contribution is -2.06. The zero-order valence-electron chi connectivity index (χ0n) is 11.7. The van der Waals surface area contributed by atoms with Crippen LogP contribution in [0.3, 0.4) is 0 Å². The molecule has 22 heavy (non-hydrogen) atoms. The molecule has 2 N–H and O–H groups in total. The van der Waals surface area contributed by atoms with Crippen LogP contribution in [0.25, 0.3) is 10.8 Å². The fourth-order valence-electron chi connectivity index (χ4n) is 2.25. The van der Waals surface area contributed by atoms with Crippen molar-refractivity contribution in [1.82, 2.24) is 0 Å². The number of fused-ring (bicyclic) bond motifs is 1. The predicted molar refractivity (Wildman–Crippen MR) is 86.4 cm³/mol. The van der Waals surface area contributed by atoms with Crippen LogP contribution >= 0.6 is 7.60 Å². The molecule has 112 valence electrons. The van der Waals surface area contributed by atoms with E-state index in [9.17, 15) is 14.4 Å². The first-order valence-electron chi connectivity index (χ1n) is 6.79. The van der Waals surface area contributed by atoms with Crippen LogP contribution in [-0.2, 0) is 11.2 Å². The summed E-state index contributed by atoms with van der Waals surface area (Å²) in [6.07, 6.45) is 0. The number of ether oxygens (including phenoxy) is 1. The van der Waals surface area contributed by atoms with Gasteiger partial charge in [0.1, 0.15) is 12.4 Å². The molecule has 5 heteroatoms. The quantitative estimate of drug-likeness (QED) is 0.726. The molecule has 0 bridgehead atoms. The van der Waals surface area contributed by atoms with E-state index in [4.69, 9.17) is 4.74 Å². The topological polar surface area (TPSA) is 66.8 Å². The minimum atomic E-state index is -4.23. The summed E-state index contributed by atoms with van der Waals surface area (Å²) in [5.74, 6) is 0.722. The first-order valence-corrected chi connectivity index (χ1v) is 8.40. The Kier molecular flexibility index (Phi) is 3.99. The molecular formula is C17H15O4P. The van der Waals surface area contributed by atoms with Gasteiger partial charge in [0.15, 0.2) is 0 Å². The van der Waals surface area contributed by atoms with Gasteiger partial charge in [0.2, 0.25) is 0 Å². The number of hydrogen-bond donors (Lipinski definition) is 2. The molecule has 0 atom stereocenters. The lowest BCUT2D eigenvalue weighted by atomic mass is 10.1. The molecule has 0 unspecified atom stereocenters. The summed E-state index contributed by atoms with van der Waals surface area (Å²) in [5, 5.41) is 2.23. The molecule has 0 aliphatic heterocycles. The highest BCUT2D eigenvalue weighted by molar-refractivity contribution is 7.60. The van der Waals surface area contributed by atoms with Crippen molar-refractivity contribution in [2.24, 2.45) is 0 Å². The van der Waals surface area contributed by atoms with Gasteiger partial charge < -0.3 is 14.5 Å². The monoisotopic (exact) mass is 314 g/mol. The maximum absolute atomic E-state index is 11.3. The summed E-state index contributed by atoms with van der Waals surface area (Å²) < 4.78 is 17.0. The van der Waals surface area contributed by atoms with Crippen LogP contribution in [0.4, 0.5) is 0 Å². The molecule has 0 heterocycles. The van der Waals surface area contributed by atoms with Gasteiger partial charge in [-0.2, -0.15) is 0 Å². The second-order valence-corrected chi connectivity index (χ2v) is 6.62. The minimum Gasteiger partial charge on any atom is -0.489 e. The van der Waals surface area contributed by atoms with E-state index in [-0.39, 0.29) is 11.9 Å². The van der Waals surface area contributed by atoms with Crippen molar-refractivity contribution >= 4 is 23.7 Å². The molecule has 3 aromatic rings. The summed E-state index contributed by atoms with van der Waals surface area (Å²) in [4.78, 5) is 18.4. The fourth-order valence-corrected chi connectivity index (χ4v) is 2.87. The summed E-state index contributed by atoms with van der Waals surface area (Å²) in [7, 11) is -4.23. The van der Waals surface area contributed by atoms with Crippen molar-refractivity contribution in [2.45, 2.75) is 6.61 Å². The smallest absolute Gasteiger partial charge is 0.356 e. The average Bonchev–Trinajstić information content (AvgIpc) is 2.52. The van der Waals surface area contributed by atoms with E-state index >= 15 is 0 Å². The molecule has 0 amide bonds. The Balaban J connectivity index is 1.78. The SMILES string of the molecule is O=P(O)(O)c1cccc(COc2ccc3ccccc3c2)c1. The Morgan fingerprint density at radius 1 is 0.864 bits per heavy atom. The first kappa shape index (κ1) is 14.8. The third-order valence-electron chi connectivity index (χ3n) is 3.37. The molecule has 0 saturated heterocycles. The lowest BCUT2D eigenvalue weighted by molar-refractivity contribution is 0.306. The highest BCUT2D eigenvalue weighted by Gasteiger charge is 2.16. The van der Waals surface area contributed by atoms with E-state index in [1.807, 2.05) is 42.5 Å². The third-order valence-corrected chi connectivity index (χ3v) is 4.32. The Morgan fingerprint density at radius 3 is 2.41 bits per heavy atom. The Hall–Kier alpha value is -2.13. The number of rotatable bonds is 4. The molecule has 3 rings (SSSR count). The van der Waals surface area contributed by atoms with Crippen LogP contribution in [-0.4, -0.2) is 9.79 Å². The Labute approximate surface area is 128 Å². The van der Waals surface area contributed by atoms with Gasteiger partial charge in [-0.3, -0.25) is 4.57 Å². The van der Waals surface area contributed by atoms with Gasteiger partial charge in [-0.15, -0.1) is 0 Å². The van der Waals surface area contributed by atoms with Crippen LogP contribution in [0.15, 0.2) is 66.7 Å². The van der Waals surface area contributed by atoms with Crippen molar-refractivity contribution in [2.75, 3.05) is 0 Å². The van der Waals surface area contributed by atoms with Gasteiger partial charge in [-0.05, 0) is 40.6 Å². The van der Waals surface area contributed by atoms with E-state index in [1.165, 1.54) is 12.1 Å². The van der Waals surface area contributed by atoms with E-state index in [2.05, 4.69) is 0 Å². The second-order valence-electron chi connectivity index (χ2n) is 5.01. The second kappa shape index (κ2) is 5.93. The zero-order valence-corrected chi connectivity index (χ0v) is 12.6. The molecule has 0 aliphatic rings. The largest absolute Gasteiger partial charge is 0.489 e. The van der Waals surface area contributed by atoms with Crippen LogP contribution in [0.2, 0.25) is 0 Å². The van der Waals surface area contributed by atoms with E-state index in [1.54, 1.807) is 12.1 Å². The molecular weight excluding hydrogens is 299 g/mol. The molecule has 0 aliphatic carbocycles.